The number of hydrogen-bond donors (Lipinski definition) is 0. The molecule has 176 valence electrons. The molecule has 9 rings (SSSR count). The Morgan fingerprint density at radius 1 is 0.676 bits per heavy atom. The van der Waals surface area contributed by atoms with E-state index in [-0.39, 0.29) is 0 Å². The lowest BCUT2D eigenvalue weighted by Crippen LogP contribution is -2.06. The topological polar surface area (TPSA) is 31.0 Å². The number of benzene rings is 4. The third-order valence-corrected chi connectivity index (χ3v) is 8.78. The largest absolute Gasteiger partial charge is 0.456 e. The van der Waals surface area contributed by atoms with Gasteiger partial charge in [0.05, 0.1) is 22.4 Å². The van der Waals surface area contributed by atoms with Crippen LogP contribution in [0.15, 0.2) is 101 Å². The van der Waals surface area contributed by atoms with E-state index in [1.165, 1.54) is 68.8 Å². The van der Waals surface area contributed by atoms with Crippen LogP contribution in [0.25, 0.3) is 60.8 Å². The van der Waals surface area contributed by atoms with Crippen molar-refractivity contribution in [2.45, 2.75) is 31.1 Å². The number of aromatic nitrogens is 2. The third-order valence-electron chi connectivity index (χ3n) is 8.78. The van der Waals surface area contributed by atoms with E-state index in [4.69, 9.17) is 9.40 Å². The first-order chi connectivity index (χ1) is 18.3. The summed E-state index contributed by atoms with van der Waals surface area (Å²) in [7, 11) is 0. The van der Waals surface area contributed by atoms with Gasteiger partial charge in [-0.1, -0.05) is 54.6 Å². The third kappa shape index (κ3) is 2.64. The van der Waals surface area contributed by atoms with Gasteiger partial charge in [-0.05, 0) is 78.6 Å². The molecule has 0 radical (unpaired) electrons. The van der Waals surface area contributed by atoms with Crippen LogP contribution in [0.4, 0.5) is 0 Å². The van der Waals surface area contributed by atoms with Gasteiger partial charge in [0.1, 0.15) is 11.2 Å². The Labute approximate surface area is 214 Å². The normalized spacial score (nSPS) is 18.5. The smallest absolute Gasteiger partial charge is 0.137 e. The minimum atomic E-state index is 0.589. The van der Waals surface area contributed by atoms with Gasteiger partial charge in [-0.3, -0.25) is 0 Å². The van der Waals surface area contributed by atoms with E-state index >= 15 is 0 Å². The summed E-state index contributed by atoms with van der Waals surface area (Å²) in [5.41, 5.74) is 10.6. The van der Waals surface area contributed by atoms with Crippen LogP contribution in [0.3, 0.4) is 0 Å². The molecule has 2 aliphatic carbocycles. The molecular weight excluding hydrogens is 452 g/mol. The fourth-order valence-electron chi connectivity index (χ4n) is 7.26. The van der Waals surface area contributed by atoms with Crippen LogP contribution in [-0.4, -0.2) is 9.55 Å². The second kappa shape index (κ2) is 7.10. The highest BCUT2D eigenvalue weighted by Crippen LogP contribution is 2.58. The lowest BCUT2D eigenvalue weighted by molar-refractivity contribution is 0.669. The maximum Gasteiger partial charge on any atom is 0.137 e. The van der Waals surface area contributed by atoms with Crippen molar-refractivity contribution in [3.8, 4) is 17.1 Å². The molecule has 3 heterocycles. The van der Waals surface area contributed by atoms with Crippen molar-refractivity contribution < 1.29 is 4.42 Å². The molecular formula is C34H24N2O. The first kappa shape index (κ1) is 19.8. The number of para-hydroxylation sites is 3. The average Bonchev–Trinajstić information content (AvgIpc) is 3.73. The summed E-state index contributed by atoms with van der Waals surface area (Å²) in [4.78, 5) is 5.46. The summed E-state index contributed by atoms with van der Waals surface area (Å²) in [6, 6.07) is 34.6. The van der Waals surface area contributed by atoms with Crippen LogP contribution in [0.1, 0.15) is 42.2 Å². The maximum atomic E-state index is 6.28. The van der Waals surface area contributed by atoms with Crippen LogP contribution >= 0.6 is 0 Å². The summed E-state index contributed by atoms with van der Waals surface area (Å²) in [5.74, 6) is 1.21. The second-order valence-corrected chi connectivity index (χ2v) is 10.7. The molecule has 0 aliphatic heterocycles. The first-order valence-corrected chi connectivity index (χ1v) is 13.3. The lowest BCUT2D eigenvalue weighted by Gasteiger charge is -2.22. The predicted molar refractivity (Wildman–Crippen MR) is 151 cm³/mol. The number of fused-ring (bicyclic) bond motifs is 11. The summed E-state index contributed by atoms with van der Waals surface area (Å²) < 4.78 is 8.68. The molecule has 0 saturated heterocycles. The van der Waals surface area contributed by atoms with Crippen LogP contribution in [0, 0.1) is 0 Å². The molecule has 4 aromatic carbocycles. The number of rotatable bonds is 2. The molecule has 3 heteroatoms. The Balaban J connectivity index is 1.41. The van der Waals surface area contributed by atoms with E-state index in [1.54, 1.807) is 0 Å². The number of pyridine rings is 1. The zero-order chi connectivity index (χ0) is 24.1. The van der Waals surface area contributed by atoms with E-state index in [2.05, 4.69) is 95.6 Å². The molecule has 2 unspecified atom stereocenters. The highest BCUT2D eigenvalue weighted by Gasteiger charge is 2.41. The Morgan fingerprint density at radius 3 is 2.38 bits per heavy atom. The molecule has 0 amide bonds. The zero-order valence-electron chi connectivity index (χ0n) is 20.3. The van der Waals surface area contributed by atoms with Crippen molar-refractivity contribution in [2.75, 3.05) is 0 Å². The average molecular weight is 477 g/mol. The van der Waals surface area contributed by atoms with E-state index in [0.29, 0.717) is 11.8 Å². The summed E-state index contributed by atoms with van der Waals surface area (Å²) >= 11 is 0. The van der Waals surface area contributed by atoms with Gasteiger partial charge in [0, 0.05) is 33.3 Å². The Hall–Kier alpha value is -4.37. The molecule has 2 atom stereocenters. The van der Waals surface area contributed by atoms with E-state index in [9.17, 15) is 0 Å². The molecule has 2 aliphatic rings. The quantitative estimate of drug-likeness (QED) is 0.249. The first-order valence-electron chi connectivity index (χ1n) is 13.3. The maximum absolute atomic E-state index is 6.28. The molecule has 3 nitrogen and oxygen atoms in total. The van der Waals surface area contributed by atoms with Gasteiger partial charge in [-0.25, -0.2) is 4.98 Å². The van der Waals surface area contributed by atoms with Crippen molar-refractivity contribution in [1.82, 2.24) is 9.55 Å². The monoisotopic (exact) mass is 476 g/mol. The predicted octanol–water partition coefficient (Wildman–Crippen LogP) is 9.11. The highest BCUT2D eigenvalue weighted by atomic mass is 16.3. The van der Waals surface area contributed by atoms with Gasteiger partial charge < -0.3 is 8.98 Å². The molecule has 7 aromatic rings. The van der Waals surface area contributed by atoms with Crippen LogP contribution in [0.2, 0.25) is 0 Å². The molecule has 2 bridgehead atoms. The fourth-order valence-corrected chi connectivity index (χ4v) is 7.26. The fraction of sp³-hybridized carbons (Fsp3) is 0.147. The van der Waals surface area contributed by atoms with Crippen molar-refractivity contribution >= 4 is 43.7 Å². The minimum Gasteiger partial charge on any atom is -0.456 e. The Morgan fingerprint density at radius 2 is 1.46 bits per heavy atom. The van der Waals surface area contributed by atoms with Crippen molar-refractivity contribution in [1.29, 1.82) is 0 Å². The van der Waals surface area contributed by atoms with E-state index in [1.807, 2.05) is 6.07 Å². The number of hydrogen-bond acceptors (Lipinski definition) is 2. The number of furan rings is 1. The molecule has 3 aromatic heterocycles. The molecule has 37 heavy (non-hydrogen) atoms. The summed E-state index contributed by atoms with van der Waals surface area (Å²) in [6.45, 7) is 0. The van der Waals surface area contributed by atoms with Crippen LogP contribution in [0.5, 0.6) is 0 Å². The van der Waals surface area contributed by atoms with Crippen molar-refractivity contribution in [3.63, 3.8) is 0 Å². The highest BCUT2D eigenvalue weighted by molar-refractivity contribution is 6.10. The molecule has 1 fully saturated rings. The van der Waals surface area contributed by atoms with E-state index < -0.39 is 0 Å². The van der Waals surface area contributed by atoms with Gasteiger partial charge in [0.25, 0.3) is 0 Å². The minimum absolute atomic E-state index is 0.589. The lowest BCUT2D eigenvalue weighted by atomic mass is 9.86. The van der Waals surface area contributed by atoms with Crippen molar-refractivity contribution in [2.24, 2.45) is 0 Å². The van der Waals surface area contributed by atoms with Crippen molar-refractivity contribution in [3.05, 3.63) is 108 Å². The number of nitrogens with zero attached hydrogens (tertiary/aromatic N) is 2. The second-order valence-electron chi connectivity index (χ2n) is 10.7. The SMILES string of the molecule is c1ccc(-n2c(-c3nc4cc5oc6ccccc6c5cc4c4c3C3CCC4C3)cc3ccccc32)cc1. The van der Waals surface area contributed by atoms with Crippen LogP contribution < -0.4 is 0 Å². The molecule has 1 saturated carbocycles. The van der Waals surface area contributed by atoms with E-state index in [0.717, 1.165) is 22.4 Å². The van der Waals surface area contributed by atoms with Gasteiger partial charge in [0.2, 0.25) is 0 Å². The van der Waals surface area contributed by atoms with Gasteiger partial charge in [0.15, 0.2) is 0 Å². The zero-order valence-corrected chi connectivity index (χ0v) is 20.3. The van der Waals surface area contributed by atoms with Gasteiger partial charge in [-0.2, -0.15) is 0 Å². The van der Waals surface area contributed by atoms with Gasteiger partial charge >= 0.3 is 0 Å². The summed E-state index contributed by atoms with van der Waals surface area (Å²) in [5, 5.41) is 4.94. The van der Waals surface area contributed by atoms with Gasteiger partial charge in [-0.15, -0.1) is 0 Å². The summed E-state index contributed by atoms with van der Waals surface area (Å²) in [6.07, 6.45) is 3.79. The molecule has 0 spiro atoms. The Kier molecular flexibility index (Phi) is 3.80. The Bertz CT molecular complexity index is 2030. The standard InChI is InChI=1S/C34H24N2O/c1-2-9-23(10-3-1)36-28-12-6-4-8-20(28)17-29(36)34-33-22-15-14-21(16-22)32(33)26-18-25-24-11-5-7-13-30(24)37-31(25)19-27(26)35-34/h1-13,17-19,21-22H,14-16H2. The van der Waals surface area contributed by atoms with Crippen LogP contribution in [-0.2, 0) is 0 Å². The molecule has 0 N–H and O–H groups in total.